The Hall–Kier alpha value is -1.52. The molecule has 4 nitrogen and oxygen atoms in total. The molecular formula is C20H23NO3. The number of fused-ring (bicyclic) bond motifs is 2. The lowest BCUT2D eigenvalue weighted by Gasteiger charge is -2.54. The van der Waals surface area contributed by atoms with E-state index in [1.165, 1.54) is 11.1 Å². The fourth-order valence-corrected chi connectivity index (χ4v) is 6.23. The van der Waals surface area contributed by atoms with E-state index in [1.54, 1.807) is 12.7 Å². The topological polar surface area (TPSA) is 30.9 Å². The van der Waals surface area contributed by atoms with Gasteiger partial charge in [0.25, 0.3) is 0 Å². The minimum Gasteiger partial charge on any atom is -0.493 e. The second-order valence-electron chi connectivity index (χ2n) is 8.14. The quantitative estimate of drug-likeness (QED) is 0.781. The SMILES string of the molecule is COc1ccc2c3c1O[C@@H]1[C@]34CCN(C)[C@@H](C2)C4=CC2C[C@@]21OC. The van der Waals surface area contributed by atoms with Crippen molar-refractivity contribution in [2.45, 2.75) is 42.4 Å². The van der Waals surface area contributed by atoms with E-state index in [2.05, 4.69) is 30.2 Å². The second kappa shape index (κ2) is 4.00. The number of ether oxygens (including phenoxy) is 3. The lowest BCUT2D eigenvalue weighted by molar-refractivity contribution is -0.0594. The van der Waals surface area contributed by atoms with Gasteiger partial charge in [0.1, 0.15) is 11.7 Å². The van der Waals surface area contributed by atoms with Crippen LogP contribution >= 0.6 is 0 Å². The summed E-state index contributed by atoms with van der Waals surface area (Å²) in [4.78, 5) is 2.53. The van der Waals surface area contributed by atoms with Gasteiger partial charge in [-0.05, 0) is 50.1 Å². The number of piperidine rings is 1. The molecule has 0 aromatic heterocycles. The van der Waals surface area contributed by atoms with Gasteiger partial charge in [0.15, 0.2) is 11.5 Å². The molecule has 2 bridgehead atoms. The smallest absolute Gasteiger partial charge is 0.166 e. The third kappa shape index (κ3) is 1.23. The van der Waals surface area contributed by atoms with E-state index in [1.807, 2.05) is 7.11 Å². The summed E-state index contributed by atoms with van der Waals surface area (Å²) in [7, 11) is 5.86. The molecule has 2 heterocycles. The average Bonchev–Trinajstić information content (AvgIpc) is 3.21. The fourth-order valence-electron chi connectivity index (χ4n) is 6.23. The summed E-state index contributed by atoms with van der Waals surface area (Å²) in [6, 6.07) is 4.84. The van der Waals surface area contributed by atoms with Crippen molar-refractivity contribution in [3.05, 3.63) is 34.9 Å². The van der Waals surface area contributed by atoms with Crippen LogP contribution in [0.2, 0.25) is 0 Å². The van der Waals surface area contributed by atoms with Crippen LogP contribution in [0.1, 0.15) is 24.0 Å². The normalized spacial score (nSPS) is 43.5. The molecule has 24 heavy (non-hydrogen) atoms. The van der Waals surface area contributed by atoms with Crippen molar-refractivity contribution in [2.24, 2.45) is 5.92 Å². The van der Waals surface area contributed by atoms with E-state index < -0.39 is 0 Å². The Balaban J connectivity index is 1.69. The van der Waals surface area contributed by atoms with Crippen LogP contribution in [-0.2, 0) is 16.6 Å². The highest BCUT2D eigenvalue weighted by atomic mass is 16.6. The first-order chi connectivity index (χ1) is 11.7. The Bertz CT molecular complexity index is 802. The van der Waals surface area contributed by atoms with Gasteiger partial charge in [-0.2, -0.15) is 0 Å². The van der Waals surface area contributed by atoms with Crippen LogP contribution in [-0.4, -0.2) is 50.5 Å². The van der Waals surface area contributed by atoms with Gasteiger partial charge in [-0.1, -0.05) is 12.1 Å². The zero-order chi connectivity index (χ0) is 16.3. The molecule has 5 atom stereocenters. The first-order valence-electron chi connectivity index (χ1n) is 9.00. The van der Waals surface area contributed by atoms with E-state index in [0.717, 1.165) is 37.3 Å². The lowest BCUT2D eigenvalue weighted by Crippen LogP contribution is -2.62. The van der Waals surface area contributed by atoms with Gasteiger partial charge in [-0.25, -0.2) is 0 Å². The molecule has 1 aromatic rings. The van der Waals surface area contributed by atoms with Gasteiger partial charge in [-0.3, -0.25) is 4.90 Å². The number of methoxy groups -OCH3 is 2. The van der Waals surface area contributed by atoms with Crippen LogP contribution in [0.15, 0.2) is 23.8 Å². The van der Waals surface area contributed by atoms with Gasteiger partial charge < -0.3 is 14.2 Å². The van der Waals surface area contributed by atoms with E-state index in [4.69, 9.17) is 14.2 Å². The second-order valence-corrected chi connectivity index (χ2v) is 8.14. The molecule has 126 valence electrons. The summed E-state index contributed by atoms with van der Waals surface area (Å²) in [5, 5.41) is 0. The van der Waals surface area contributed by atoms with Crippen molar-refractivity contribution in [1.29, 1.82) is 0 Å². The van der Waals surface area contributed by atoms with E-state index >= 15 is 0 Å². The minimum absolute atomic E-state index is 0.00234. The van der Waals surface area contributed by atoms with Crippen molar-refractivity contribution >= 4 is 0 Å². The monoisotopic (exact) mass is 325 g/mol. The third-order valence-corrected chi connectivity index (χ3v) is 7.45. The summed E-state index contributed by atoms with van der Waals surface area (Å²) < 4.78 is 18.4. The standard InChI is InChI=1S/C20H23NO3/c1-21-7-6-19-13-9-12-10-20(12,23-3)18(19)24-17-15(22-2)5-4-11(16(17)19)8-14(13)21/h4-5,9,12,14,18H,6-8,10H2,1-3H3/t12?,14-,18+,19-,20+/m0/s1. The molecule has 6 rings (SSSR count). The highest BCUT2D eigenvalue weighted by molar-refractivity contribution is 5.67. The Kier molecular flexibility index (Phi) is 2.29. The molecule has 5 aliphatic rings. The molecule has 0 N–H and O–H groups in total. The van der Waals surface area contributed by atoms with Gasteiger partial charge >= 0.3 is 0 Å². The first kappa shape index (κ1) is 13.7. The summed E-state index contributed by atoms with van der Waals surface area (Å²) >= 11 is 0. The highest BCUT2D eigenvalue weighted by Gasteiger charge is 2.75. The van der Waals surface area contributed by atoms with Crippen LogP contribution in [0, 0.1) is 5.92 Å². The first-order valence-corrected chi connectivity index (χ1v) is 9.00. The molecule has 1 saturated carbocycles. The molecule has 2 aliphatic heterocycles. The number of likely N-dealkylation sites (N-methyl/N-ethyl adjacent to an activating group) is 1. The predicted octanol–water partition coefficient (Wildman–Crippen LogP) is 2.30. The van der Waals surface area contributed by atoms with Crippen molar-refractivity contribution in [3.8, 4) is 11.5 Å². The Morgan fingerprint density at radius 3 is 2.96 bits per heavy atom. The van der Waals surface area contributed by atoms with Gasteiger partial charge in [0.2, 0.25) is 0 Å². The van der Waals surface area contributed by atoms with Crippen LogP contribution < -0.4 is 9.47 Å². The molecule has 0 radical (unpaired) electrons. The summed E-state index contributed by atoms with van der Waals surface area (Å²) in [5.74, 6) is 2.36. The van der Waals surface area contributed by atoms with Crippen molar-refractivity contribution in [2.75, 3.05) is 27.8 Å². The summed E-state index contributed by atoms with van der Waals surface area (Å²) in [6.45, 7) is 1.11. The number of rotatable bonds is 2. The van der Waals surface area contributed by atoms with Gasteiger partial charge in [0, 0.05) is 24.6 Å². The maximum Gasteiger partial charge on any atom is 0.166 e. The minimum atomic E-state index is -0.136. The molecule has 0 amide bonds. The van der Waals surface area contributed by atoms with E-state index in [9.17, 15) is 0 Å². The maximum atomic E-state index is 6.67. The Morgan fingerprint density at radius 1 is 1.29 bits per heavy atom. The molecule has 3 aliphatic carbocycles. The maximum absolute atomic E-state index is 6.67. The number of hydrogen-bond donors (Lipinski definition) is 0. The zero-order valence-corrected chi connectivity index (χ0v) is 14.5. The van der Waals surface area contributed by atoms with E-state index in [0.29, 0.717) is 12.0 Å². The fraction of sp³-hybridized carbons (Fsp3) is 0.600. The molecule has 1 spiro atoms. The summed E-state index contributed by atoms with van der Waals surface area (Å²) in [6.07, 6.45) is 5.92. The number of benzene rings is 1. The van der Waals surface area contributed by atoms with Gasteiger partial charge in [0.05, 0.1) is 12.5 Å². The Labute approximate surface area is 142 Å². The zero-order valence-electron chi connectivity index (χ0n) is 14.5. The third-order valence-electron chi connectivity index (χ3n) is 7.45. The van der Waals surface area contributed by atoms with E-state index in [-0.39, 0.29) is 17.1 Å². The summed E-state index contributed by atoms with van der Waals surface area (Å²) in [5.41, 5.74) is 4.30. The highest BCUT2D eigenvalue weighted by Crippen LogP contribution is 2.70. The Morgan fingerprint density at radius 2 is 2.17 bits per heavy atom. The molecule has 1 aromatic carbocycles. The van der Waals surface area contributed by atoms with Crippen molar-refractivity contribution in [3.63, 3.8) is 0 Å². The van der Waals surface area contributed by atoms with Crippen LogP contribution in [0.3, 0.4) is 0 Å². The molecule has 1 unspecified atom stereocenters. The largest absolute Gasteiger partial charge is 0.493 e. The van der Waals surface area contributed by atoms with Crippen molar-refractivity contribution < 1.29 is 14.2 Å². The van der Waals surface area contributed by atoms with Crippen LogP contribution in [0.4, 0.5) is 0 Å². The number of hydrogen-bond acceptors (Lipinski definition) is 4. The molecule has 2 fully saturated rings. The van der Waals surface area contributed by atoms with Crippen LogP contribution in [0.25, 0.3) is 0 Å². The predicted molar refractivity (Wildman–Crippen MR) is 89.8 cm³/mol. The average molecular weight is 325 g/mol. The molecule has 1 saturated heterocycles. The van der Waals surface area contributed by atoms with Crippen LogP contribution in [0.5, 0.6) is 11.5 Å². The lowest BCUT2D eigenvalue weighted by atomic mass is 9.56. The molecule has 4 heteroatoms. The molecular weight excluding hydrogens is 302 g/mol. The number of likely N-dealkylation sites (tertiary alicyclic amines) is 1. The van der Waals surface area contributed by atoms with Gasteiger partial charge in [-0.15, -0.1) is 0 Å². The number of nitrogens with zero attached hydrogens (tertiary/aromatic N) is 1. The van der Waals surface area contributed by atoms with Crippen molar-refractivity contribution in [1.82, 2.24) is 4.90 Å².